The molecular weight excluding hydrogens is 404 g/mol. The van der Waals surface area contributed by atoms with Crippen molar-refractivity contribution < 1.29 is 19.1 Å². The summed E-state index contributed by atoms with van der Waals surface area (Å²) in [6, 6.07) is 12.2. The second-order valence-corrected chi connectivity index (χ2v) is 7.31. The minimum absolute atomic E-state index is 0.196. The third kappa shape index (κ3) is 9.50. The molecular formula is C26H40N2O4. The number of hydrogen-bond donors (Lipinski definition) is 2. The Bertz CT molecular complexity index is 843. The van der Waals surface area contributed by atoms with E-state index in [2.05, 4.69) is 10.6 Å². The van der Waals surface area contributed by atoms with Crippen molar-refractivity contribution in [2.45, 2.75) is 73.4 Å². The van der Waals surface area contributed by atoms with Gasteiger partial charge in [0.15, 0.2) is 0 Å². The number of fused-ring (bicyclic) bond motifs is 1. The molecule has 0 aliphatic rings. The van der Waals surface area contributed by atoms with Crippen molar-refractivity contribution in [2.75, 3.05) is 7.11 Å². The summed E-state index contributed by atoms with van der Waals surface area (Å²) in [6.07, 6.45) is 0.780. The van der Waals surface area contributed by atoms with Crippen LogP contribution in [0.3, 0.4) is 0 Å². The normalized spacial score (nSPS) is 11.8. The van der Waals surface area contributed by atoms with Crippen LogP contribution in [0.4, 0.5) is 0 Å². The zero-order chi connectivity index (χ0) is 24.7. The zero-order valence-corrected chi connectivity index (χ0v) is 20.8. The van der Waals surface area contributed by atoms with Gasteiger partial charge in [0.1, 0.15) is 12.1 Å². The zero-order valence-electron chi connectivity index (χ0n) is 20.8. The van der Waals surface area contributed by atoms with Gasteiger partial charge < -0.3 is 15.4 Å². The van der Waals surface area contributed by atoms with Gasteiger partial charge in [0.05, 0.1) is 7.11 Å². The van der Waals surface area contributed by atoms with Gasteiger partial charge in [-0.15, -0.1) is 0 Å². The fourth-order valence-electron chi connectivity index (χ4n) is 3.25. The van der Waals surface area contributed by atoms with Crippen molar-refractivity contribution in [2.24, 2.45) is 5.92 Å². The van der Waals surface area contributed by atoms with Gasteiger partial charge >= 0.3 is 5.97 Å². The molecule has 1 unspecified atom stereocenters. The number of carbonyl (C=O) groups is 3. The minimum atomic E-state index is -0.789. The Hall–Kier alpha value is -2.89. The van der Waals surface area contributed by atoms with Crippen LogP contribution in [-0.4, -0.2) is 37.0 Å². The number of nitrogens with one attached hydrogen (secondary N) is 2. The molecule has 32 heavy (non-hydrogen) atoms. The number of benzene rings is 2. The summed E-state index contributed by atoms with van der Waals surface area (Å²) >= 11 is 0. The molecule has 2 aromatic rings. The molecule has 0 saturated heterocycles. The van der Waals surface area contributed by atoms with Crippen LogP contribution in [0.5, 0.6) is 0 Å². The molecule has 0 aromatic heterocycles. The van der Waals surface area contributed by atoms with E-state index in [0.717, 1.165) is 16.3 Å². The molecule has 0 aliphatic carbocycles. The number of hydrogen-bond acceptors (Lipinski definition) is 4. The van der Waals surface area contributed by atoms with Crippen LogP contribution in [0.25, 0.3) is 10.8 Å². The average Bonchev–Trinajstić information content (AvgIpc) is 2.80. The molecule has 178 valence electrons. The molecule has 0 fully saturated rings. The smallest absolute Gasteiger partial charge is 0.328 e. The molecule has 2 rings (SSSR count). The fourth-order valence-corrected chi connectivity index (χ4v) is 3.25. The number of esters is 1. The summed E-state index contributed by atoms with van der Waals surface area (Å²) in [6.45, 7) is 13.3. The Morgan fingerprint density at radius 3 is 2.03 bits per heavy atom. The Kier molecular flexibility index (Phi) is 14.4. The maximum atomic E-state index is 12.9. The molecule has 2 aromatic carbocycles. The predicted octanol–water partition coefficient (Wildman–Crippen LogP) is 4.64. The van der Waals surface area contributed by atoms with Gasteiger partial charge in [0, 0.05) is 13.3 Å². The highest BCUT2D eigenvalue weighted by Crippen LogP contribution is 2.20. The summed E-state index contributed by atoms with van der Waals surface area (Å²) in [4.78, 5) is 36.6. The van der Waals surface area contributed by atoms with Gasteiger partial charge in [-0.1, -0.05) is 84.0 Å². The molecule has 2 N–H and O–H groups in total. The van der Waals surface area contributed by atoms with E-state index in [1.807, 2.05) is 84.0 Å². The van der Waals surface area contributed by atoms with Crippen molar-refractivity contribution in [3.8, 4) is 0 Å². The third-order valence-corrected chi connectivity index (χ3v) is 4.51. The lowest BCUT2D eigenvalue weighted by Gasteiger charge is -2.23. The van der Waals surface area contributed by atoms with E-state index < -0.39 is 24.0 Å². The second kappa shape index (κ2) is 15.8. The lowest BCUT2D eigenvalue weighted by molar-refractivity contribution is -0.145. The van der Waals surface area contributed by atoms with Gasteiger partial charge in [-0.05, 0) is 28.7 Å². The Balaban J connectivity index is 0.00000227. The van der Waals surface area contributed by atoms with E-state index >= 15 is 0 Å². The van der Waals surface area contributed by atoms with E-state index in [0.29, 0.717) is 12.8 Å². The number of ether oxygens (including phenoxy) is 1. The molecule has 0 aliphatic heterocycles. The van der Waals surface area contributed by atoms with Crippen molar-refractivity contribution in [3.63, 3.8) is 0 Å². The molecule has 0 bridgehead atoms. The molecule has 6 heteroatoms. The summed E-state index contributed by atoms with van der Waals surface area (Å²) in [5.74, 6) is -1.01. The first-order valence-electron chi connectivity index (χ1n) is 11.4. The van der Waals surface area contributed by atoms with Crippen molar-refractivity contribution in [1.29, 1.82) is 0 Å². The molecule has 0 saturated carbocycles. The van der Waals surface area contributed by atoms with Crippen LogP contribution >= 0.6 is 0 Å². The predicted molar refractivity (Wildman–Crippen MR) is 131 cm³/mol. The highest BCUT2D eigenvalue weighted by Gasteiger charge is 2.27. The lowest BCUT2D eigenvalue weighted by Crippen LogP contribution is -2.52. The molecule has 0 spiro atoms. The van der Waals surface area contributed by atoms with Crippen LogP contribution in [0, 0.1) is 5.92 Å². The van der Waals surface area contributed by atoms with E-state index in [1.54, 1.807) is 0 Å². The monoisotopic (exact) mass is 444 g/mol. The quantitative estimate of drug-likeness (QED) is 0.581. The Morgan fingerprint density at radius 1 is 0.875 bits per heavy atom. The lowest BCUT2D eigenvalue weighted by atomic mass is 9.97. The van der Waals surface area contributed by atoms with Gasteiger partial charge in [0.2, 0.25) is 11.8 Å². The largest absolute Gasteiger partial charge is 0.467 e. The SMILES string of the molecule is CC.CC.COC(=O)[C@H](CC(C)C)NC(=O)C(Cc1cccc2ccccc12)NC(C)=O. The maximum Gasteiger partial charge on any atom is 0.328 e. The number of amides is 2. The molecule has 6 nitrogen and oxygen atoms in total. The third-order valence-electron chi connectivity index (χ3n) is 4.51. The molecule has 0 heterocycles. The van der Waals surface area contributed by atoms with E-state index in [-0.39, 0.29) is 11.8 Å². The van der Waals surface area contributed by atoms with Crippen molar-refractivity contribution in [3.05, 3.63) is 48.0 Å². The Morgan fingerprint density at radius 2 is 1.47 bits per heavy atom. The fraction of sp³-hybridized carbons (Fsp3) is 0.500. The summed E-state index contributed by atoms with van der Waals surface area (Å²) in [7, 11) is 1.29. The van der Waals surface area contributed by atoms with Crippen LogP contribution < -0.4 is 10.6 Å². The van der Waals surface area contributed by atoms with Gasteiger partial charge in [0.25, 0.3) is 0 Å². The maximum absolute atomic E-state index is 12.9. The first-order chi connectivity index (χ1) is 15.3. The summed E-state index contributed by atoms with van der Waals surface area (Å²) < 4.78 is 4.81. The first kappa shape index (κ1) is 29.1. The van der Waals surface area contributed by atoms with Crippen molar-refractivity contribution in [1.82, 2.24) is 10.6 Å². The van der Waals surface area contributed by atoms with Gasteiger partial charge in [-0.2, -0.15) is 0 Å². The average molecular weight is 445 g/mol. The van der Waals surface area contributed by atoms with E-state index in [4.69, 9.17) is 4.74 Å². The second-order valence-electron chi connectivity index (χ2n) is 7.31. The van der Waals surface area contributed by atoms with Crippen LogP contribution in [0.1, 0.15) is 60.5 Å². The van der Waals surface area contributed by atoms with Crippen LogP contribution in [0.15, 0.2) is 42.5 Å². The molecule has 2 atom stereocenters. The van der Waals surface area contributed by atoms with Gasteiger partial charge in [-0.25, -0.2) is 4.79 Å². The standard InChI is InChI=1S/C22H28N2O4.2C2H6/c1-14(2)12-20(22(27)28-4)24-21(26)19(23-15(3)25)13-17-10-7-9-16-8-5-6-11-18(16)17;2*1-2/h5-11,14,19-20H,12-13H2,1-4H3,(H,23,25)(H,24,26);2*1-2H3/t19?,20-;;/m0../s1. The van der Waals surface area contributed by atoms with E-state index in [9.17, 15) is 14.4 Å². The first-order valence-corrected chi connectivity index (χ1v) is 11.4. The number of rotatable bonds is 8. The Labute approximate surface area is 193 Å². The van der Waals surface area contributed by atoms with E-state index in [1.165, 1.54) is 14.0 Å². The van der Waals surface area contributed by atoms with Gasteiger partial charge in [-0.3, -0.25) is 9.59 Å². The van der Waals surface area contributed by atoms with Crippen LogP contribution in [0.2, 0.25) is 0 Å². The minimum Gasteiger partial charge on any atom is -0.467 e. The highest BCUT2D eigenvalue weighted by atomic mass is 16.5. The highest BCUT2D eigenvalue weighted by molar-refractivity contribution is 5.92. The summed E-state index contributed by atoms with van der Waals surface area (Å²) in [5.41, 5.74) is 0.950. The van der Waals surface area contributed by atoms with Crippen LogP contribution in [-0.2, 0) is 25.5 Å². The molecule has 0 radical (unpaired) electrons. The molecule has 2 amide bonds. The summed E-state index contributed by atoms with van der Waals surface area (Å²) in [5, 5.41) is 7.54. The van der Waals surface area contributed by atoms with Crippen molar-refractivity contribution >= 4 is 28.6 Å². The number of methoxy groups -OCH3 is 1. The topological polar surface area (TPSA) is 84.5 Å². The number of carbonyl (C=O) groups excluding carboxylic acids is 3.